The van der Waals surface area contributed by atoms with Crippen LogP contribution in [0, 0.1) is 0 Å². The van der Waals surface area contributed by atoms with Crippen molar-refractivity contribution >= 4 is 11.6 Å². The number of hydrogen-bond donors (Lipinski definition) is 0. The van der Waals surface area contributed by atoms with E-state index in [-0.39, 0.29) is 0 Å². The Morgan fingerprint density at radius 3 is 3.13 bits per heavy atom. The van der Waals surface area contributed by atoms with E-state index >= 15 is 0 Å². The fraction of sp³-hybridized carbons (Fsp3) is 0.250. The van der Waals surface area contributed by atoms with Gasteiger partial charge in [0.25, 0.3) is 0 Å². The van der Waals surface area contributed by atoms with Gasteiger partial charge in [-0.1, -0.05) is 17.7 Å². The monoisotopic (exact) mass is 218 g/mol. The van der Waals surface area contributed by atoms with E-state index in [0.717, 1.165) is 17.9 Å². The first kappa shape index (κ1) is 8.98. The third-order valence-corrected chi connectivity index (χ3v) is 3.27. The lowest BCUT2D eigenvalue weighted by Gasteiger charge is -2.13. The number of imidazole rings is 1. The van der Waals surface area contributed by atoms with Crippen molar-refractivity contribution in [2.45, 2.75) is 18.9 Å². The summed E-state index contributed by atoms with van der Waals surface area (Å²) in [5.41, 5.74) is 2.76. The van der Waals surface area contributed by atoms with Gasteiger partial charge in [-0.15, -0.1) is 0 Å². The summed E-state index contributed by atoms with van der Waals surface area (Å²) in [6.07, 6.45) is 7.99. The van der Waals surface area contributed by atoms with E-state index in [1.54, 1.807) is 0 Å². The molecule has 3 heteroatoms. The maximum absolute atomic E-state index is 6.03. The number of fused-ring (bicyclic) bond motifs is 1. The van der Waals surface area contributed by atoms with Crippen molar-refractivity contribution in [3.63, 3.8) is 0 Å². The standard InChI is InChI=1S/C12H11ClN2/c13-10-3-1-9-2-4-12(11(9)7-10)15-6-5-14-8-15/h1,3,5-8,12H,2,4H2. The Hall–Kier alpha value is -1.28. The lowest BCUT2D eigenvalue weighted by molar-refractivity contribution is 0.579. The van der Waals surface area contributed by atoms with Crippen LogP contribution in [0.15, 0.2) is 36.9 Å². The summed E-state index contributed by atoms with van der Waals surface area (Å²) < 4.78 is 2.15. The van der Waals surface area contributed by atoms with E-state index in [4.69, 9.17) is 11.6 Å². The molecule has 76 valence electrons. The van der Waals surface area contributed by atoms with Crippen LogP contribution in [0.25, 0.3) is 0 Å². The van der Waals surface area contributed by atoms with Gasteiger partial charge in [0.05, 0.1) is 12.4 Å². The molecule has 15 heavy (non-hydrogen) atoms. The fourth-order valence-electron chi connectivity index (χ4n) is 2.31. The third-order valence-electron chi connectivity index (χ3n) is 3.04. The van der Waals surface area contributed by atoms with Crippen LogP contribution in [-0.4, -0.2) is 9.55 Å². The Balaban J connectivity index is 2.08. The molecule has 0 radical (unpaired) electrons. The van der Waals surface area contributed by atoms with E-state index in [1.165, 1.54) is 11.1 Å². The molecule has 1 atom stereocenters. The topological polar surface area (TPSA) is 17.8 Å². The van der Waals surface area contributed by atoms with E-state index < -0.39 is 0 Å². The predicted molar refractivity (Wildman–Crippen MR) is 60.1 cm³/mol. The van der Waals surface area contributed by atoms with E-state index in [2.05, 4.69) is 21.7 Å². The van der Waals surface area contributed by atoms with Crippen LogP contribution >= 0.6 is 11.6 Å². The van der Waals surface area contributed by atoms with Gasteiger partial charge in [0.2, 0.25) is 0 Å². The highest BCUT2D eigenvalue weighted by molar-refractivity contribution is 6.30. The number of aromatic nitrogens is 2. The molecule has 1 aliphatic carbocycles. The van der Waals surface area contributed by atoms with Crippen LogP contribution in [0.3, 0.4) is 0 Å². The highest BCUT2D eigenvalue weighted by Gasteiger charge is 2.23. The van der Waals surface area contributed by atoms with Crippen molar-refractivity contribution in [3.8, 4) is 0 Å². The Bertz CT molecular complexity index is 476. The second-order valence-corrected chi connectivity index (χ2v) is 4.34. The first-order valence-electron chi connectivity index (χ1n) is 5.10. The molecule has 1 aliphatic rings. The Kier molecular flexibility index (Phi) is 2.03. The lowest BCUT2D eigenvalue weighted by Crippen LogP contribution is -2.04. The van der Waals surface area contributed by atoms with Gasteiger partial charge in [-0.25, -0.2) is 4.98 Å². The van der Waals surface area contributed by atoms with Gasteiger partial charge in [0.1, 0.15) is 0 Å². The van der Waals surface area contributed by atoms with E-state index in [9.17, 15) is 0 Å². The molecule has 1 aromatic carbocycles. The molecule has 0 N–H and O–H groups in total. The maximum atomic E-state index is 6.03. The first-order chi connectivity index (χ1) is 7.34. The number of nitrogens with zero attached hydrogens (tertiary/aromatic N) is 2. The number of halogens is 1. The molecule has 2 nitrogen and oxygen atoms in total. The minimum Gasteiger partial charge on any atom is -0.330 e. The van der Waals surface area contributed by atoms with Gasteiger partial charge in [-0.3, -0.25) is 0 Å². The van der Waals surface area contributed by atoms with Crippen LogP contribution in [0.1, 0.15) is 23.6 Å². The van der Waals surface area contributed by atoms with Crippen LogP contribution in [0.4, 0.5) is 0 Å². The molecule has 0 bridgehead atoms. The molecule has 0 saturated heterocycles. The Morgan fingerprint density at radius 2 is 2.33 bits per heavy atom. The van der Waals surface area contributed by atoms with Crippen molar-refractivity contribution in [1.29, 1.82) is 0 Å². The second-order valence-electron chi connectivity index (χ2n) is 3.91. The van der Waals surface area contributed by atoms with Crippen LogP contribution in [0.2, 0.25) is 5.02 Å². The van der Waals surface area contributed by atoms with Crippen molar-refractivity contribution < 1.29 is 0 Å². The molecule has 1 aromatic heterocycles. The Labute approximate surface area is 93.5 Å². The van der Waals surface area contributed by atoms with Crippen molar-refractivity contribution in [1.82, 2.24) is 9.55 Å². The van der Waals surface area contributed by atoms with Gasteiger partial charge >= 0.3 is 0 Å². The molecule has 1 heterocycles. The summed E-state index contributed by atoms with van der Waals surface area (Å²) in [5.74, 6) is 0. The minimum absolute atomic E-state index is 0.418. The molecule has 0 amide bonds. The maximum Gasteiger partial charge on any atom is 0.0951 e. The molecule has 0 aliphatic heterocycles. The number of benzene rings is 1. The predicted octanol–water partition coefficient (Wildman–Crippen LogP) is 3.07. The summed E-state index contributed by atoms with van der Waals surface area (Å²) in [4.78, 5) is 4.09. The zero-order chi connectivity index (χ0) is 10.3. The van der Waals surface area contributed by atoms with Gasteiger partial charge in [0.15, 0.2) is 0 Å². The Morgan fingerprint density at radius 1 is 1.40 bits per heavy atom. The fourth-order valence-corrected chi connectivity index (χ4v) is 2.50. The molecular weight excluding hydrogens is 208 g/mol. The smallest absolute Gasteiger partial charge is 0.0951 e. The lowest BCUT2D eigenvalue weighted by atomic mass is 10.1. The third kappa shape index (κ3) is 1.45. The van der Waals surface area contributed by atoms with Crippen LogP contribution in [-0.2, 0) is 6.42 Å². The molecule has 0 fully saturated rings. The average molecular weight is 219 g/mol. The van der Waals surface area contributed by atoms with E-state index in [0.29, 0.717) is 6.04 Å². The largest absolute Gasteiger partial charge is 0.330 e. The molecule has 1 unspecified atom stereocenters. The SMILES string of the molecule is Clc1ccc2c(c1)C(n1ccnc1)CC2. The highest BCUT2D eigenvalue weighted by atomic mass is 35.5. The van der Waals surface area contributed by atoms with Crippen molar-refractivity contribution in [2.75, 3.05) is 0 Å². The molecule has 0 saturated carbocycles. The summed E-state index contributed by atoms with van der Waals surface area (Å²) in [6.45, 7) is 0. The van der Waals surface area contributed by atoms with Crippen LogP contribution in [0.5, 0.6) is 0 Å². The quantitative estimate of drug-likeness (QED) is 0.720. The summed E-state index contributed by atoms with van der Waals surface area (Å²) in [7, 11) is 0. The molecular formula is C12H11ClN2. The van der Waals surface area contributed by atoms with Gasteiger partial charge in [-0.2, -0.15) is 0 Å². The highest BCUT2D eigenvalue weighted by Crippen LogP contribution is 2.35. The average Bonchev–Trinajstić information content (AvgIpc) is 2.83. The zero-order valence-electron chi connectivity index (χ0n) is 8.23. The second kappa shape index (κ2) is 3.38. The summed E-state index contributed by atoms with van der Waals surface area (Å²) >= 11 is 6.03. The van der Waals surface area contributed by atoms with E-state index in [1.807, 2.05) is 24.8 Å². The molecule has 2 aromatic rings. The van der Waals surface area contributed by atoms with Gasteiger partial charge in [0, 0.05) is 17.4 Å². The normalized spacial score (nSPS) is 19.1. The van der Waals surface area contributed by atoms with Crippen molar-refractivity contribution in [3.05, 3.63) is 53.1 Å². The molecule has 0 spiro atoms. The number of rotatable bonds is 1. The minimum atomic E-state index is 0.418. The number of aryl methyl sites for hydroxylation is 1. The number of hydrogen-bond acceptors (Lipinski definition) is 1. The first-order valence-corrected chi connectivity index (χ1v) is 5.48. The van der Waals surface area contributed by atoms with Crippen LogP contribution < -0.4 is 0 Å². The summed E-state index contributed by atoms with van der Waals surface area (Å²) in [5, 5.41) is 0.820. The van der Waals surface area contributed by atoms with Gasteiger partial charge < -0.3 is 4.57 Å². The van der Waals surface area contributed by atoms with Gasteiger partial charge in [-0.05, 0) is 36.1 Å². The van der Waals surface area contributed by atoms with Crippen molar-refractivity contribution in [2.24, 2.45) is 0 Å². The molecule has 3 rings (SSSR count). The summed E-state index contributed by atoms with van der Waals surface area (Å²) in [6, 6.07) is 6.60. The zero-order valence-corrected chi connectivity index (χ0v) is 8.98.